The number of piperazine rings is 1. The lowest BCUT2D eigenvalue weighted by molar-refractivity contribution is -0.384. The van der Waals surface area contributed by atoms with Gasteiger partial charge in [-0.15, -0.1) is 0 Å². The van der Waals surface area contributed by atoms with Crippen LogP contribution in [0.15, 0.2) is 54.6 Å². The first-order valence-corrected chi connectivity index (χ1v) is 9.18. The number of nitro groups is 1. The zero-order valence-electron chi connectivity index (χ0n) is 15.0. The van der Waals surface area contributed by atoms with E-state index in [2.05, 4.69) is 45.4 Å². The predicted octanol–water partition coefficient (Wildman–Crippen LogP) is 3.21. The van der Waals surface area contributed by atoms with E-state index in [-0.39, 0.29) is 10.6 Å². The molecule has 1 fully saturated rings. The highest BCUT2D eigenvalue weighted by Gasteiger charge is 2.16. The lowest BCUT2D eigenvalue weighted by Crippen LogP contribution is -2.46. The van der Waals surface area contributed by atoms with Crippen LogP contribution < -0.4 is 5.32 Å². The fourth-order valence-corrected chi connectivity index (χ4v) is 3.32. The van der Waals surface area contributed by atoms with Gasteiger partial charge in [-0.2, -0.15) is 0 Å². The molecule has 1 N–H and O–H groups in total. The standard InChI is InChI=1S/C20H26N4O2/c25-24(26)20-10-5-4-9-19(20)21-11-6-12-22-13-15-23(16-14-22)17-18-7-2-1-3-8-18/h1-5,7-10,21H,6,11-17H2. The number of nitrogens with one attached hydrogen (secondary N) is 1. The molecule has 0 aliphatic carbocycles. The molecule has 1 aliphatic rings. The second-order valence-electron chi connectivity index (χ2n) is 6.66. The molecule has 6 heteroatoms. The molecule has 1 aliphatic heterocycles. The van der Waals surface area contributed by atoms with Crippen LogP contribution in [0.5, 0.6) is 0 Å². The summed E-state index contributed by atoms with van der Waals surface area (Å²) in [6.45, 7) is 7.13. The molecule has 0 saturated carbocycles. The Labute approximate surface area is 154 Å². The summed E-state index contributed by atoms with van der Waals surface area (Å²) < 4.78 is 0. The van der Waals surface area contributed by atoms with E-state index in [9.17, 15) is 10.1 Å². The van der Waals surface area contributed by atoms with Crippen molar-refractivity contribution in [1.29, 1.82) is 0 Å². The Morgan fingerprint density at radius 1 is 0.923 bits per heavy atom. The number of nitrogens with zero attached hydrogens (tertiary/aromatic N) is 3. The summed E-state index contributed by atoms with van der Waals surface area (Å²) in [5.74, 6) is 0. The molecule has 0 unspecified atom stereocenters. The number of hydrogen-bond acceptors (Lipinski definition) is 5. The Balaban J connectivity index is 1.35. The Hall–Kier alpha value is -2.44. The summed E-state index contributed by atoms with van der Waals surface area (Å²) in [6, 6.07) is 17.4. The molecule has 26 heavy (non-hydrogen) atoms. The molecule has 0 atom stereocenters. The molecule has 0 radical (unpaired) electrons. The number of hydrogen-bond donors (Lipinski definition) is 1. The summed E-state index contributed by atoms with van der Waals surface area (Å²) in [4.78, 5) is 15.6. The SMILES string of the molecule is O=[N+]([O-])c1ccccc1NCCCN1CCN(Cc2ccccc2)CC1. The maximum absolute atomic E-state index is 11.0. The van der Waals surface area contributed by atoms with E-state index >= 15 is 0 Å². The first-order valence-electron chi connectivity index (χ1n) is 9.18. The first kappa shape index (κ1) is 18.4. The highest BCUT2D eigenvalue weighted by molar-refractivity contribution is 5.60. The number of rotatable bonds is 8. The normalized spacial score (nSPS) is 15.7. The van der Waals surface area contributed by atoms with Gasteiger partial charge in [0.15, 0.2) is 0 Å². The van der Waals surface area contributed by atoms with Crippen LogP contribution in [-0.2, 0) is 6.54 Å². The van der Waals surface area contributed by atoms with Crippen LogP contribution in [0.1, 0.15) is 12.0 Å². The highest BCUT2D eigenvalue weighted by Crippen LogP contribution is 2.22. The molecule has 2 aromatic rings. The molecule has 1 saturated heterocycles. The minimum atomic E-state index is -0.339. The third-order valence-corrected chi connectivity index (χ3v) is 4.78. The maximum atomic E-state index is 11.0. The Morgan fingerprint density at radius 3 is 2.31 bits per heavy atom. The zero-order chi connectivity index (χ0) is 18.2. The van der Waals surface area contributed by atoms with Crippen LogP contribution in [0.4, 0.5) is 11.4 Å². The van der Waals surface area contributed by atoms with Crippen molar-refractivity contribution in [1.82, 2.24) is 9.80 Å². The lowest BCUT2D eigenvalue weighted by Gasteiger charge is -2.34. The summed E-state index contributed by atoms with van der Waals surface area (Å²) in [5, 5.41) is 14.2. The molecule has 1 heterocycles. The smallest absolute Gasteiger partial charge is 0.292 e. The number of para-hydroxylation sites is 2. The molecule has 0 aromatic heterocycles. The Bertz CT molecular complexity index is 700. The quantitative estimate of drug-likeness (QED) is 0.448. The predicted molar refractivity (Wildman–Crippen MR) is 104 cm³/mol. The first-order chi connectivity index (χ1) is 12.7. The van der Waals surface area contributed by atoms with Crippen molar-refractivity contribution in [2.45, 2.75) is 13.0 Å². The van der Waals surface area contributed by atoms with Crippen molar-refractivity contribution in [3.05, 3.63) is 70.3 Å². The van der Waals surface area contributed by atoms with Gasteiger partial charge >= 0.3 is 0 Å². The van der Waals surface area contributed by atoms with Gasteiger partial charge < -0.3 is 10.2 Å². The Morgan fingerprint density at radius 2 is 1.58 bits per heavy atom. The van der Waals surface area contributed by atoms with Crippen molar-refractivity contribution in [3.8, 4) is 0 Å². The molecule has 2 aromatic carbocycles. The third-order valence-electron chi connectivity index (χ3n) is 4.78. The van der Waals surface area contributed by atoms with Gasteiger partial charge in [0.05, 0.1) is 4.92 Å². The monoisotopic (exact) mass is 354 g/mol. The van der Waals surface area contributed by atoms with Crippen LogP contribution in [0, 0.1) is 10.1 Å². The van der Waals surface area contributed by atoms with Gasteiger partial charge in [0.1, 0.15) is 5.69 Å². The molecule has 0 spiro atoms. The second-order valence-corrected chi connectivity index (χ2v) is 6.66. The van der Waals surface area contributed by atoms with Gasteiger partial charge in [-0.1, -0.05) is 42.5 Å². The fraction of sp³-hybridized carbons (Fsp3) is 0.400. The molecule has 0 bridgehead atoms. The summed E-state index contributed by atoms with van der Waals surface area (Å²) in [6.07, 6.45) is 0.977. The molecule has 3 rings (SSSR count). The van der Waals surface area contributed by atoms with Gasteiger partial charge in [0, 0.05) is 45.3 Å². The second kappa shape index (κ2) is 9.31. The van der Waals surface area contributed by atoms with Crippen LogP contribution in [0.3, 0.4) is 0 Å². The van der Waals surface area contributed by atoms with Crippen molar-refractivity contribution in [2.24, 2.45) is 0 Å². The summed E-state index contributed by atoms with van der Waals surface area (Å²) in [7, 11) is 0. The molecule has 0 amide bonds. The Kier molecular flexibility index (Phi) is 6.57. The molecular weight excluding hydrogens is 328 g/mol. The molecular formula is C20H26N4O2. The fourth-order valence-electron chi connectivity index (χ4n) is 3.32. The largest absolute Gasteiger partial charge is 0.379 e. The van der Waals surface area contributed by atoms with Crippen molar-refractivity contribution in [3.63, 3.8) is 0 Å². The molecule has 138 valence electrons. The number of anilines is 1. The molecule has 6 nitrogen and oxygen atoms in total. The third kappa shape index (κ3) is 5.28. The van der Waals surface area contributed by atoms with E-state index in [0.717, 1.165) is 52.2 Å². The van der Waals surface area contributed by atoms with Gasteiger partial charge in [-0.25, -0.2) is 0 Å². The minimum absolute atomic E-state index is 0.141. The highest BCUT2D eigenvalue weighted by atomic mass is 16.6. The number of nitro benzene ring substituents is 1. The van der Waals surface area contributed by atoms with Gasteiger partial charge in [0.2, 0.25) is 0 Å². The van der Waals surface area contributed by atoms with E-state index in [1.807, 2.05) is 6.07 Å². The lowest BCUT2D eigenvalue weighted by atomic mass is 10.2. The van der Waals surface area contributed by atoms with Gasteiger partial charge in [-0.3, -0.25) is 15.0 Å². The van der Waals surface area contributed by atoms with E-state index in [4.69, 9.17) is 0 Å². The van der Waals surface area contributed by atoms with Crippen LogP contribution in [-0.4, -0.2) is 54.0 Å². The van der Waals surface area contributed by atoms with E-state index in [0.29, 0.717) is 5.69 Å². The van der Waals surface area contributed by atoms with E-state index in [1.165, 1.54) is 11.6 Å². The van der Waals surface area contributed by atoms with Gasteiger partial charge in [0.25, 0.3) is 5.69 Å². The van der Waals surface area contributed by atoms with Crippen LogP contribution in [0.25, 0.3) is 0 Å². The summed E-state index contributed by atoms with van der Waals surface area (Å²) in [5.41, 5.74) is 2.11. The summed E-state index contributed by atoms with van der Waals surface area (Å²) >= 11 is 0. The van der Waals surface area contributed by atoms with E-state index < -0.39 is 0 Å². The topological polar surface area (TPSA) is 61.7 Å². The average molecular weight is 354 g/mol. The maximum Gasteiger partial charge on any atom is 0.292 e. The minimum Gasteiger partial charge on any atom is -0.379 e. The van der Waals surface area contributed by atoms with Crippen molar-refractivity contribution < 1.29 is 4.92 Å². The number of benzene rings is 2. The van der Waals surface area contributed by atoms with Crippen molar-refractivity contribution >= 4 is 11.4 Å². The zero-order valence-corrected chi connectivity index (χ0v) is 15.0. The van der Waals surface area contributed by atoms with E-state index in [1.54, 1.807) is 12.1 Å². The average Bonchev–Trinajstić information content (AvgIpc) is 2.67. The van der Waals surface area contributed by atoms with Crippen LogP contribution in [0.2, 0.25) is 0 Å². The van der Waals surface area contributed by atoms with Crippen LogP contribution >= 0.6 is 0 Å². The van der Waals surface area contributed by atoms with Gasteiger partial charge in [-0.05, 0) is 24.6 Å². The van der Waals surface area contributed by atoms with Crippen molar-refractivity contribution in [2.75, 3.05) is 44.6 Å².